The van der Waals surface area contributed by atoms with E-state index in [4.69, 9.17) is 0 Å². The molecule has 0 aliphatic heterocycles. The second-order valence-corrected chi connectivity index (χ2v) is 2.36. The van der Waals surface area contributed by atoms with E-state index in [1.165, 1.54) is 18.6 Å². The second kappa shape index (κ2) is 3.14. The Morgan fingerprint density at radius 3 is 2.77 bits per heavy atom. The fourth-order valence-electron chi connectivity index (χ4n) is 0.951. The summed E-state index contributed by atoms with van der Waals surface area (Å²) in [6, 6.07) is 1.56. The maximum absolute atomic E-state index is 11.2. The SMILES string of the molecule is [O-][n+]1cccnc1-c1cnccn1. The molecular formula is C8H6N4O. The number of hydrogen-bond donors (Lipinski definition) is 0. The first-order valence-electron chi connectivity index (χ1n) is 3.68. The van der Waals surface area contributed by atoms with Gasteiger partial charge in [-0.05, 0) is 4.98 Å². The smallest absolute Gasteiger partial charge is 0.353 e. The lowest BCUT2D eigenvalue weighted by atomic mass is 10.4. The predicted octanol–water partition coefficient (Wildman–Crippen LogP) is 0.172. The number of aromatic nitrogens is 4. The zero-order valence-corrected chi connectivity index (χ0v) is 6.66. The van der Waals surface area contributed by atoms with Crippen molar-refractivity contribution in [1.82, 2.24) is 15.0 Å². The van der Waals surface area contributed by atoms with Crippen molar-refractivity contribution in [2.45, 2.75) is 0 Å². The molecule has 0 unspecified atom stereocenters. The Morgan fingerprint density at radius 1 is 1.15 bits per heavy atom. The highest BCUT2D eigenvalue weighted by Gasteiger charge is 2.10. The third-order valence-corrected chi connectivity index (χ3v) is 1.51. The average Bonchev–Trinajstić information content (AvgIpc) is 2.20. The van der Waals surface area contributed by atoms with Gasteiger partial charge >= 0.3 is 5.82 Å². The van der Waals surface area contributed by atoms with E-state index >= 15 is 0 Å². The molecule has 0 N–H and O–H groups in total. The van der Waals surface area contributed by atoms with Gasteiger partial charge in [0.2, 0.25) is 0 Å². The van der Waals surface area contributed by atoms with Crippen LogP contribution < -0.4 is 4.73 Å². The Hall–Kier alpha value is -2.04. The molecule has 0 aliphatic carbocycles. The Balaban J connectivity index is 2.54. The van der Waals surface area contributed by atoms with Gasteiger partial charge in [0.25, 0.3) is 0 Å². The van der Waals surface area contributed by atoms with Crippen LogP contribution in [0.2, 0.25) is 0 Å². The number of hydrogen-bond acceptors (Lipinski definition) is 4. The average molecular weight is 174 g/mol. The summed E-state index contributed by atoms with van der Waals surface area (Å²) in [4.78, 5) is 11.7. The van der Waals surface area contributed by atoms with Crippen LogP contribution in [0.5, 0.6) is 0 Å². The molecular weight excluding hydrogens is 168 g/mol. The maximum atomic E-state index is 11.2. The number of rotatable bonds is 1. The first-order valence-corrected chi connectivity index (χ1v) is 3.68. The summed E-state index contributed by atoms with van der Waals surface area (Å²) >= 11 is 0. The van der Waals surface area contributed by atoms with Crippen LogP contribution in [-0.2, 0) is 0 Å². The summed E-state index contributed by atoms with van der Waals surface area (Å²) in [7, 11) is 0. The van der Waals surface area contributed by atoms with Crippen molar-refractivity contribution in [3.05, 3.63) is 42.3 Å². The summed E-state index contributed by atoms with van der Waals surface area (Å²) in [5.74, 6) is 0.260. The Kier molecular flexibility index (Phi) is 1.84. The van der Waals surface area contributed by atoms with Crippen molar-refractivity contribution in [2.75, 3.05) is 0 Å². The van der Waals surface area contributed by atoms with Crippen LogP contribution in [0, 0.1) is 5.21 Å². The molecule has 0 amide bonds. The van der Waals surface area contributed by atoms with Gasteiger partial charge in [-0.15, -0.1) is 0 Å². The maximum Gasteiger partial charge on any atom is 0.353 e. The molecule has 2 aromatic rings. The van der Waals surface area contributed by atoms with Crippen LogP contribution >= 0.6 is 0 Å². The molecule has 64 valence electrons. The summed E-state index contributed by atoms with van der Waals surface area (Å²) in [5, 5.41) is 11.2. The van der Waals surface area contributed by atoms with E-state index in [1.807, 2.05) is 0 Å². The largest absolute Gasteiger partial charge is 0.710 e. The second-order valence-electron chi connectivity index (χ2n) is 2.36. The summed E-state index contributed by atoms with van der Waals surface area (Å²) in [6.07, 6.45) is 7.47. The van der Waals surface area contributed by atoms with E-state index in [0.29, 0.717) is 10.4 Å². The van der Waals surface area contributed by atoms with E-state index in [9.17, 15) is 5.21 Å². The highest BCUT2D eigenvalue weighted by Crippen LogP contribution is 2.04. The van der Waals surface area contributed by atoms with Gasteiger partial charge in [0.1, 0.15) is 6.20 Å². The minimum absolute atomic E-state index is 0.260. The molecule has 0 bridgehead atoms. The normalized spacial score (nSPS) is 9.85. The van der Waals surface area contributed by atoms with Crippen molar-refractivity contribution >= 4 is 0 Å². The quantitative estimate of drug-likeness (QED) is 0.456. The Bertz CT molecular complexity index is 404. The third kappa shape index (κ3) is 1.44. The Morgan fingerprint density at radius 2 is 2.08 bits per heavy atom. The molecule has 2 rings (SSSR count). The molecule has 5 nitrogen and oxygen atoms in total. The van der Waals surface area contributed by atoms with E-state index in [0.717, 1.165) is 0 Å². The molecule has 0 atom stereocenters. The molecule has 13 heavy (non-hydrogen) atoms. The molecule has 0 fully saturated rings. The van der Waals surface area contributed by atoms with Crippen molar-refractivity contribution in [3.8, 4) is 11.5 Å². The van der Waals surface area contributed by atoms with Gasteiger partial charge in [0.15, 0.2) is 5.69 Å². The molecule has 0 aliphatic rings. The zero-order valence-electron chi connectivity index (χ0n) is 6.66. The first kappa shape index (κ1) is 7.60. The fraction of sp³-hybridized carbons (Fsp3) is 0. The van der Waals surface area contributed by atoms with Crippen LogP contribution in [0.3, 0.4) is 0 Å². The van der Waals surface area contributed by atoms with Gasteiger partial charge in [0.05, 0.1) is 12.4 Å². The third-order valence-electron chi connectivity index (χ3n) is 1.51. The van der Waals surface area contributed by atoms with Gasteiger partial charge in [-0.3, -0.25) is 4.98 Å². The molecule has 0 spiro atoms. The summed E-state index contributed by atoms with van der Waals surface area (Å²) in [6.45, 7) is 0. The molecule has 5 heteroatoms. The lowest BCUT2D eigenvalue weighted by molar-refractivity contribution is -0.596. The minimum atomic E-state index is 0.260. The topological polar surface area (TPSA) is 65.6 Å². The standard InChI is InChI=1S/C8H6N4O/c13-12-5-1-2-11-8(12)7-6-9-3-4-10-7/h1-6H. The highest BCUT2D eigenvalue weighted by molar-refractivity contribution is 5.42. The highest BCUT2D eigenvalue weighted by atomic mass is 16.5. The van der Waals surface area contributed by atoms with Crippen molar-refractivity contribution < 1.29 is 4.73 Å². The summed E-state index contributed by atoms with van der Waals surface area (Å²) in [5.41, 5.74) is 0.470. The minimum Gasteiger partial charge on any atom is -0.710 e. The van der Waals surface area contributed by atoms with E-state index in [1.54, 1.807) is 18.5 Å². The van der Waals surface area contributed by atoms with Crippen molar-refractivity contribution in [3.63, 3.8) is 0 Å². The first-order chi connectivity index (χ1) is 6.38. The van der Waals surface area contributed by atoms with E-state index < -0.39 is 0 Å². The van der Waals surface area contributed by atoms with Gasteiger partial charge < -0.3 is 5.21 Å². The lowest BCUT2D eigenvalue weighted by Crippen LogP contribution is -2.29. The lowest BCUT2D eigenvalue weighted by Gasteiger charge is -2.02. The molecule has 0 radical (unpaired) electrons. The van der Waals surface area contributed by atoms with Crippen LogP contribution in [0.1, 0.15) is 0 Å². The van der Waals surface area contributed by atoms with Crippen LogP contribution in [0.25, 0.3) is 11.5 Å². The molecule has 0 saturated carbocycles. The fourth-order valence-corrected chi connectivity index (χ4v) is 0.951. The molecule has 0 saturated heterocycles. The summed E-state index contributed by atoms with van der Waals surface area (Å²) < 4.78 is 0.657. The van der Waals surface area contributed by atoms with Gasteiger partial charge in [-0.2, -0.15) is 0 Å². The van der Waals surface area contributed by atoms with Crippen molar-refractivity contribution in [2.24, 2.45) is 0 Å². The molecule has 2 heterocycles. The number of nitrogens with zero attached hydrogens (tertiary/aromatic N) is 4. The van der Waals surface area contributed by atoms with Crippen LogP contribution in [0.15, 0.2) is 37.1 Å². The van der Waals surface area contributed by atoms with E-state index in [-0.39, 0.29) is 5.82 Å². The van der Waals surface area contributed by atoms with Crippen LogP contribution in [0.4, 0.5) is 0 Å². The molecule has 0 aromatic carbocycles. The van der Waals surface area contributed by atoms with Crippen LogP contribution in [-0.4, -0.2) is 15.0 Å². The monoisotopic (exact) mass is 174 g/mol. The predicted molar refractivity (Wildman–Crippen MR) is 44.2 cm³/mol. The van der Waals surface area contributed by atoms with Gasteiger partial charge in [0, 0.05) is 18.5 Å². The Labute approximate surface area is 74.3 Å². The van der Waals surface area contributed by atoms with E-state index in [2.05, 4.69) is 15.0 Å². The zero-order chi connectivity index (χ0) is 9.10. The molecule has 2 aromatic heterocycles. The van der Waals surface area contributed by atoms with Gasteiger partial charge in [-0.25, -0.2) is 9.71 Å². The van der Waals surface area contributed by atoms with Crippen molar-refractivity contribution in [1.29, 1.82) is 0 Å². The van der Waals surface area contributed by atoms with Gasteiger partial charge in [-0.1, -0.05) is 0 Å².